The highest BCUT2D eigenvalue weighted by atomic mass is 35.5. The van der Waals surface area contributed by atoms with Crippen molar-refractivity contribution < 1.29 is 19.4 Å². The number of amides is 1. The number of aliphatic hydroxyl groups excluding tert-OH is 1. The molecule has 2 aromatic carbocycles. The Morgan fingerprint density at radius 2 is 1.78 bits per heavy atom. The third-order valence-electron chi connectivity index (χ3n) is 4.52. The van der Waals surface area contributed by atoms with Gasteiger partial charge in [-0.1, -0.05) is 54.1 Å². The molecule has 1 aliphatic rings. The van der Waals surface area contributed by atoms with Crippen LogP contribution in [0.2, 0.25) is 5.02 Å². The van der Waals surface area contributed by atoms with Gasteiger partial charge in [-0.15, -0.1) is 0 Å². The van der Waals surface area contributed by atoms with E-state index < -0.39 is 17.7 Å². The summed E-state index contributed by atoms with van der Waals surface area (Å²) in [5.74, 6) is -1.49. The monoisotopic (exact) mass is 385 g/mol. The van der Waals surface area contributed by atoms with E-state index in [2.05, 4.69) is 0 Å². The van der Waals surface area contributed by atoms with Crippen LogP contribution in [0.3, 0.4) is 0 Å². The Balaban J connectivity index is 2.10. The molecule has 0 bridgehead atoms. The second-order valence-electron chi connectivity index (χ2n) is 6.26. The number of Topliss-reactive ketones (excluding diaryl/α,β-unsaturated/α-hetero) is 1. The van der Waals surface area contributed by atoms with Gasteiger partial charge in [-0.3, -0.25) is 9.59 Å². The van der Waals surface area contributed by atoms with Crippen LogP contribution in [0.25, 0.3) is 5.76 Å². The summed E-state index contributed by atoms with van der Waals surface area (Å²) >= 11 is 5.98. The Morgan fingerprint density at radius 3 is 2.41 bits per heavy atom. The van der Waals surface area contributed by atoms with Crippen LogP contribution in [0.5, 0.6) is 0 Å². The Hall–Kier alpha value is -2.63. The maximum Gasteiger partial charge on any atom is 0.295 e. The van der Waals surface area contributed by atoms with Crippen LogP contribution in [-0.4, -0.2) is 42.0 Å². The van der Waals surface area contributed by atoms with Crippen LogP contribution in [0, 0.1) is 0 Å². The lowest BCUT2D eigenvalue weighted by molar-refractivity contribution is -0.140. The molecule has 0 aromatic heterocycles. The number of rotatable bonds is 6. The molecule has 0 aliphatic carbocycles. The lowest BCUT2D eigenvalue weighted by Crippen LogP contribution is -2.31. The smallest absolute Gasteiger partial charge is 0.295 e. The van der Waals surface area contributed by atoms with Gasteiger partial charge in [0.2, 0.25) is 0 Å². The maximum absolute atomic E-state index is 12.7. The lowest BCUT2D eigenvalue weighted by atomic mass is 9.95. The number of ketones is 1. The third kappa shape index (κ3) is 3.89. The first-order valence-electron chi connectivity index (χ1n) is 8.63. The van der Waals surface area contributed by atoms with Crippen molar-refractivity contribution in [2.24, 2.45) is 0 Å². The van der Waals surface area contributed by atoms with Crippen LogP contribution in [-0.2, 0) is 14.3 Å². The molecule has 1 atom stereocenters. The van der Waals surface area contributed by atoms with Gasteiger partial charge in [0.05, 0.1) is 11.6 Å². The van der Waals surface area contributed by atoms with Crippen molar-refractivity contribution in [2.45, 2.75) is 12.5 Å². The molecule has 1 amide bonds. The predicted molar refractivity (Wildman–Crippen MR) is 103 cm³/mol. The Morgan fingerprint density at radius 1 is 1.11 bits per heavy atom. The van der Waals surface area contributed by atoms with Crippen molar-refractivity contribution in [3.05, 3.63) is 76.3 Å². The summed E-state index contributed by atoms with van der Waals surface area (Å²) in [6, 6.07) is 15.0. The molecular weight excluding hydrogens is 366 g/mol. The minimum atomic E-state index is -0.686. The van der Waals surface area contributed by atoms with E-state index in [1.54, 1.807) is 55.6 Å². The molecular formula is C21H20ClNO4. The summed E-state index contributed by atoms with van der Waals surface area (Å²) in [6.07, 6.45) is 0.582. The van der Waals surface area contributed by atoms with Gasteiger partial charge in [-0.05, 0) is 24.1 Å². The van der Waals surface area contributed by atoms with Gasteiger partial charge >= 0.3 is 0 Å². The van der Waals surface area contributed by atoms with E-state index in [0.29, 0.717) is 35.7 Å². The van der Waals surface area contributed by atoms with Crippen LogP contribution in [0.1, 0.15) is 23.6 Å². The van der Waals surface area contributed by atoms with E-state index in [1.807, 2.05) is 6.07 Å². The fourth-order valence-electron chi connectivity index (χ4n) is 3.23. The summed E-state index contributed by atoms with van der Waals surface area (Å²) in [5, 5.41) is 11.4. The zero-order valence-corrected chi connectivity index (χ0v) is 15.6. The zero-order chi connectivity index (χ0) is 19.4. The fourth-order valence-corrected chi connectivity index (χ4v) is 3.36. The summed E-state index contributed by atoms with van der Waals surface area (Å²) in [5.41, 5.74) is 1.30. The average molecular weight is 386 g/mol. The van der Waals surface area contributed by atoms with Crippen LogP contribution < -0.4 is 0 Å². The molecule has 1 saturated heterocycles. The number of benzene rings is 2. The molecule has 1 fully saturated rings. The molecule has 1 heterocycles. The Bertz CT molecular complexity index is 862. The number of ether oxygens (including phenoxy) is 1. The van der Waals surface area contributed by atoms with Gasteiger partial charge in [0.15, 0.2) is 0 Å². The van der Waals surface area contributed by atoms with Gasteiger partial charge in [-0.25, -0.2) is 0 Å². The van der Waals surface area contributed by atoms with E-state index in [-0.39, 0.29) is 11.3 Å². The number of carbonyl (C=O) groups excluding carboxylic acids is 2. The molecule has 1 N–H and O–H groups in total. The lowest BCUT2D eigenvalue weighted by Gasteiger charge is -2.25. The minimum absolute atomic E-state index is 0.0888. The van der Waals surface area contributed by atoms with Crippen LogP contribution in [0.4, 0.5) is 0 Å². The Kier molecular flexibility index (Phi) is 5.94. The van der Waals surface area contributed by atoms with Gasteiger partial charge in [0.1, 0.15) is 5.76 Å². The summed E-state index contributed by atoms with van der Waals surface area (Å²) in [4.78, 5) is 26.9. The first-order chi connectivity index (χ1) is 13.0. The summed E-state index contributed by atoms with van der Waals surface area (Å²) in [6.45, 7) is 0.812. The third-order valence-corrected chi connectivity index (χ3v) is 4.77. The van der Waals surface area contributed by atoms with E-state index >= 15 is 0 Å². The molecule has 0 radical (unpaired) electrons. The van der Waals surface area contributed by atoms with Crippen molar-refractivity contribution >= 4 is 29.1 Å². The van der Waals surface area contributed by atoms with Gasteiger partial charge in [0.25, 0.3) is 11.7 Å². The van der Waals surface area contributed by atoms with Gasteiger partial charge in [-0.2, -0.15) is 0 Å². The van der Waals surface area contributed by atoms with Crippen molar-refractivity contribution in [3.63, 3.8) is 0 Å². The van der Waals surface area contributed by atoms with Crippen molar-refractivity contribution in [1.29, 1.82) is 0 Å². The zero-order valence-electron chi connectivity index (χ0n) is 14.9. The van der Waals surface area contributed by atoms with Crippen molar-refractivity contribution in [1.82, 2.24) is 4.90 Å². The van der Waals surface area contributed by atoms with E-state index in [1.165, 1.54) is 4.90 Å². The topological polar surface area (TPSA) is 66.8 Å². The first-order valence-corrected chi connectivity index (χ1v) is 9.00. The van der Waals surface area contributed by atoms with Crippen LogP contribution in [0.15, 0.2) is 60.2 Å². The predicted octanol–water partition coefficient (Wildman–Crippen LogP) is 3.80. The molecule has 1 aliphatic heterocycles. The highest BCUT2D eigenvalue weighted by Gasteiger charge is 2.45. The molecule has 0 spiro atoms. The maximum atomic E-state index is 12.7. The number of nitrogens with zero attached hydrogens (tertiary/aromatic N) is 1. The normalized spacial score (nSPS) is 18.9. The number of halogens is 1. The molecule has 3 rings (SSSR count). The number of aliphatic hydroxyl groups is 1. The van der Waals surface area contributed by atoms with E-state index in [9.17, 15) is 14.7 Å². The Labute approximate surface area is 162 Å². The SMILES string of the molecule is COCCCN1C(=O)C(=O)/C(=C(/O)c2ccccc2)[C@@H]1c1ccc(Cl)cc1. The molecule has 6 heteroatoms. The standard InChI is InChI=1S/C21H20ClNO4/c1-27-13-5-12-23-18(14-8-10-16(22)11-9-14)17(20(25)21(23)26)19(24)15-6-3-2-4-7-15/h2-4,6-11,18,24H,5,12-13H2,1H3/b19-17+/t18-/m0/s1. The second kappa shape index (κ2) is 8.37. The second-order valence-corrected chi connectivity index (χ2v) is 6.69. The molecule has 0 saturated carbocycles. The van der Waals surface area contributed by atoms with E-state index in [0.717, 1.165) is 0 Å². The molecule has 2 aromatic rings. The molecule has 140 valence electrons. The number of hydrogen-bond donors (Lipinski definition) is 1. The van der Waals surface area contributed by atoms with Crippen molar-refractivity contribution in [3.8, 4) is 0 Å². The molecule has 5 nitrogen and oxygen atoms in total. The number of methoxy groups -OCH3 is 1. The molecule has 0 unspecified atom stereocenters. The largest absolute Gasteiger partial charge is 0.507 e. The van der Waals surface area contributed by atoms with Crippen LogP contribution >= 0.6 is 11.6 Å². The number of carbonyl (C=O) groups is 2. The highest BCUT2D eigenvalue weighted by Crippen LogP contribution is 2.39. The van der Waals surface area contributed by atoms with Crippen molar-refractivity contribution in [2.75, 3.05) is 20.3 Å². The average Bonchev–Trinajstić information content (AvgIpc) is 2.94. The van der Waals surface area contributed by atoms with Gasteiger partial charge in [0, 0.05) is 30.8 Å². The first kappa shape index (κ1) is 19.1. The summed E-state index contributed by atoms with van der Waals surface area (Å²) < 4.78 is 5.06. The highest BCUT2D eigenvalue weighted by molar-refractivity contribution is 6.46. The molecule has 27 heavy (non-hydrogen) atoms. The number of hydrogen-bond acceptors (Lipinski definition) is 4. The minimum Gasteiger partial charge on any atom is -0.507 e. The summed E-state index contributed by atoms with van der Waals surface area (Å²) in [7, 11) is 1.58. The fraction of sp³-hybridized carbons (Fsp3) is 0.238. The quantitative estimate of drug-likeness (QED) is 0.355. The number of likely N-dealkylation sites (tertiary alicyclic amines) is 1. The van der Waals surface area contributed by atoms with Gasteiger partial charge < -0.3 is 14.7 Å². The van der Waals surface area contributed by atoms with E-state index in [4.69, 9.17) is 16.3 Å².